The molecule has 0 aliphatic carbocycles. The third-order valence-electron chi connectivity index (χ3n) is 5.55. The molecule has 0 saturated heterocycles. The van der Waals surface area contributed by atoms with Gasteiger partial charge in [0.2, 0.25) is 0 Å². The smallest absolute Gasteiger partial charge is 0.337 e. The summed E-state index contributed by atoms with van der Waals surface area (Å²) in [5.41, 5.74) is 3.39. The highest BCUT2D eigenvalue weighted by Crippen LogP contribution is 2.43. The number of aliphatic hydroxyl groups excluding tert-OH is 1. The molecule has 3 aromatic carbocycles. The van der Waals surface area contributed by atoms with Crippen molar-refractivity contribution < 1.29 is 24.2 Å². The first kappa shape index (κ1) is 21.2. The Morgan fingerprint density at radius 1 is 0.938 bits per heavy atom. The number of carbonyl (C=O) groups excluding carboxylic acids is 2. The SMILES string of the molecule is COC(=O)c1ccc(C2C(c3ccccc3)=C(O)C(=O)N2Cc2ccc(OC)cc2)cc1. The van der Waals surface area contributed by atoms with Gasteiger partial charge >= 0.3 is 5.97 Å². The summed E-state index contributed by atoms with van der Waals surface area (Å²) in [7, 11) is 2.93. The Balaban J connectivity index is 1.76. The highest BCUT2D eigenvalue weighted by molar-refractivity contribution is 6.05. The van der Waals surface area contributed by atoms with Crippen molar-refractivity contribution >= 4 is 17.4 Å². The Hall–Kier alpha value is -4.06. The molecule has 0 aromatic heterocycles. The number of hydrogen-bond acceptors (Lipinski definition) is 5. The zero-order valence-corrected chi connectivity index (χ0v) is 17.8. The molecule has 1 aliphatic heterocycles. The Labute approximate surface area is 186 Å². The third-order valence-corrected chi connectivity index (χ3v) is 5.55. The Morgan fingerprint density at radius 2 is 1.59 bits per heavy atom. The molecule has 1 amide bonds. The van der Waals surface area contributed by atoms with Crippen LogP contribution in [-0.2, 0) is 16.1 Å². The molecule has 0 bridgehead atoms. The first-order valence-electron chi connectivity index (χ1n) is 10.1. The van der Waals surface area contributed by atoms with E-state index in [1.54, 1.807) is 36.3 Å². The maximum atomic E-state index is 13.1. The average molecular weight is 429 g/mol. The molecule has 4 rings (SSSR count). The van der Waals surface area contributed by atoms with Gasteiger partial charge in [-0.15, -0.1) is 0 Å². The minimum Gasteiger partial charge on any atom is -0.503 e. The Morgan fingerprint density at radius 3 is 2.19 bits per heavy atom. The van der Waals surface area contributed by atoms with Crippen LogP contribution in [0.25, 0.3) is 5.57 Å². The number of methoxy groups -OCH3 is 2. The quantitative estimate of drug-likeness (QED) is 0.583. The summed E-state index contributed by atoms with van der Waals surface area (Å²) >= 11 is 0. The average Bonchev–Trinajstić information content (AvgIpc) is 3.09. The molecular formula is C26H23NO5. The molecule has 6 nitrogen and oxygen atoms in total. The minimum absolute atomic E-state index is 0.272. The van der Waals surface area contributed by atoms with Crippen molar-refractivity contribution in [3.05, 3.63) is 107 Å². The number of amides is 1. The van der Waals surface area contributed by atoms with Crippen LogP contribution in [0.1, 0.15) is 33.1 Å². The molecule has 1 N–H and O–H groups in total. The second-order valence-corrected chi connectivity index (χ2v) is 7.43. The van der Waals surface area contributed by atoms with Crippen molar-refractivity contribution in [1.29, 1.82) is 0 Å². The lowest BCUT2D eigenvalue weighted by Crippen LogP contribution is -2.29. The number of aliphatic hydroxyl groups is 1. The number of nitrogens with zero attached hydrogens (tertiary/aromatic N) is 1. The van der Waals surface area contributed by atoms with Gasteiger partial charge in [-0.25, -0.2) is 4.79 Å². The molecule has 0 fully saturated rings. The van der Waals surface area contributed by atoms with Gasteiger partial charge in [0.05, 0.1) is 25.8 Å². The largest absolute Gasteiger partial charge is 0.503 e. The molecule has 0 spiro atoms. The van der Waals surface area contributed by atoms with Crippen molar-refractivity contribution in [2.45, 2.75) is 12.6 Å². The van der Waals surface area contributed by atoms with E-state index in [2.05, 4.69) is 0 Å². The molecule has 0 saturated carbocycles. The van der Waals surface area contributed by atoms with Crippen LogP contribution in [0.4, 0.5) is 0 Å². The van der Waals surface area contributed by atoms with E-state index in [1.807, 2.05) is 54.6 Å². The monoisotopic (exact) mass is 429 g/mol. The van der Waals surface area contributed by atoms with E-state index in [0.29, 0.717) is 17.7 Å². The highest BCUT2D eigenvalue weighted by atomic mass is 16.5. The van der Waals surface area contributed by atoms with Crippen LogP contribution in [0.3, 0.4) is 0 Å². The maximum Gasteiger partial charge on any atom is 0.337 e. The standard InChI is InChI=1S/C26H23NO5/c1-31-21-14-8-17(9-15-21)16-27-23(19-10-12-20(13-11-19)26(30)32-2)22(24(28)25(27)29)18-6-4-3-5-7-18/h3-15,23,28H,16H2,1-2H3. The van der Waals surface area contributed by atoms with Crippen LogP contribution in [0.2, 0.25) is 0 Å². The van der Waals surface area contributed by atoms with Crippen molar-refractivity contribution in [3.63, 3.8) is 0 Å². The first-order valence-corrected chi connectivity index (χ1v) is 10.1. The van der Waals surface area contributed by atoms with E-state index < -0.39 is 17.9 Å². The number of carbonyl (C=O) groups is 2. The normalized spacial score (nSPS) is 15.8. The van der Waals surface area contributed by atoms with Crippen LogP contribution in [0.5, 0.6) is 5.75 Å². The fourth-order valence-electron chi connectivity index (χ4n) is 3.92. The fraction of sp³-hybridized carbons (Fsp3) is 0.154. The van der Waals surface area contributed by atoms with Crippen LogP contribution >= 0.6 is 0 Å². The van der Waals surface area contributed by atoms with E-state index in [4.69, 9.17) is 9.47 Å². The molecule has 1 unspecified atom stereocenters. The van der Waals surface area contributed by atoms with Gasteiger partial charge < -0.3 is 19.5 Å². The molecule has 1 atom stereocenters. The summed E-state index contributed by atoms with van der Waals surface area (Å²) in [4.78, 5) is 26.6. The van der Waals surface area contributed by atoms with E-state index in [9.17, 15) is 14.7 Å². The zero-order chi connectivity index (χ0) is 22.7. The highest BCUT2D eigenvalue weighted by Gasteiger charge is 2.41. The predicted molar refractivity (Wildman–Crippen MR) is 120 cm³/mol. The topological polar surface area (TPSA) is 76.1 Å². The second-order valence-electron chi connectivity index (χ2n) is 7.43. The lowest BCUT2D eigenvalue weighted by atomic mass is 9.93. The summed E-state index contributed by atoms with van der Waals surface area (Å²) in [6.45, 7) is 0.298. The number of esters is 1. The molecular weight excluding hydrogens is 406 g/mol. The number of benzene rings is 3. The van der Waals surface area contributed by atoms with Crippen molar-refractivity contribution in [2.24, 2.45) is 0 Å². The van der Waals surface area contributed by atoms with Crippen molar-refractivity contribution in [1.82, 2.24) is 4.90 Å². The number of rotatable bonds is 6. The number of ether oxygens (including phenoxy) is 2. The summed E-state index contributed by atoms with van der Waals surface area (Å²) in [6.07, 6.45) is 0. The van der Waals surface area contributed by atoms with Crippen molar-refractivity contribution in [3.8, 4) is 5.75 Å². The van der Waals surface area contributed by atoms with Crippen LogP contribution in [0.15, 0.2) is 84.6 Å². The molecule has 0 radical (unpaired) electrons. The van der Waals surface area contributed by atoms with E-state index in [0.717, 1.165) is 22.4 Å². The predicted octanol–water partition coefficient (Wildman–Crippen LogP) is 4.53. The molecule has 3 aromatic rings. The zero-order valence-electron chi connectivity index (χ0n) is 17.8. The van der Waals surface area contributed by atoms with Gasteiger partial charge in [-0.1, -0.05) is 54.6 Å². The molecule has 1 heterocycles. The second kappa shape index (κ2) is 8.98. The maximum absolute atomic E-state index is 13.1. The van der Waals surface area contributed by atoms with E-state index in [-0.39, 0.29) is 5.76 Å². The van der Waals surface area contributed by atoms with E-state index in [1.165, 1.54) is 7.11 Å². The molecule has 1 aliphatic rings. The van der Waals surface area contributed by atoms with E-state index >= 15 is 0 Å². The fourth-order valence-corrected chi connectivity index (χ4v) is 3.92. The van der Waals surface area contributed by atoms with Gasteiger partial charge in [-0.05, 0) is 41.0 Å². The van der Waals surface area contributed by atoms with Gasteiger partial charge in [0.15, 0.2) is 5.76 Å². The summed E-state index contributed by atoms with van der Waals surface area (Å²) in [5.74, 6) is -0.424. The molecule has 32 heavy (non-hydrogen) atoms. The van der Waals surface area contributed by atoms with Gasteiger partial charge in [-0.2, -0.15) is 0 Å². The van der Waals surface area contributed by atoms with Gasteiger partial charge in [0.1, 0.15) is 5.75 Å². The lowest BCUT2D eigenvalue weighted by molar-refractivity contribution is -0.130. The van der Waals surface area contributed by atoms with Crippen LogP contribution < -0.4 is 4.74 Å². The Kier molecular flexibility index (Phi) is 5.94. The van der Waals surface area contributed by atoms with Gasteiger partial charge in [-0.3, -0.25) is 4.79 Å². The van der Waals surface area contributed by atoms with Gasteiger partial charge in [0, 0.05) is 12.1 Å². The summed E-state index contributed by atoms with van der Waals surface area (Å²) in [6, 6.07) is 23.2. The summed E-state index contributed by atoms with van der Waals surface area (Å²) < 4.78 is 10.00. The van der Waals surface area contributed by atoms with Gasteiger partial charge in [0.25, 0.3) is 5.91 Å². The van der Waals surface area contributed by atoms with Crippen LogP contribution in [-0.4, -0.2) is 36.1 Å². The molecule has 6 heteroatoms. The lowest BCUT2D eigenvalue weighted by Gasteiger charge is -2.27. The third kappa shape index (κ3) is 3.95. The molecule has 162 valence electrons. The summed E-state index contributed by atoms with van der Waals surface area (Å²) in [5, 5.41) is 10.8. The number of hydrogen-bond donors (Lipinski definition) is 1. The first-order chi connectivity index (χ1) is 15.5. The van der Waals surface area contributed by atoms with Crippen molar-refractivity contribution in [2.75, 3.05) is 14.2 Å². The Bertz CT molecular complexity index is 1150. The minimum atomic E-state index is -0.515. The van der Waals surface area contributed by atoms with Crippen LogP contribution in [0, 0.1) is 0 Å².